The number of rotatable bonds is 4. The summed E-state index contributed by atoms with van der Waals surface area (Å²) in [6, 6.07) is 5.27. The number of aryl methyl sites for hydroxylation is 1. The predicted molar refractivity (Wildman–Crippen MR) is 123 cm³/mol. The summed E-state index contributed by atoms with van der Waals surface area (Å²) in [6.45, 7) is 9.97. The molecule has 0 saturated carbocycles. The zero-order valence-electron chi connectivity index (χ0n) is 18.2. The number of benzene rings is 1. The van der Waals surface area contributed by atoms with Gasteiger partial charge in [0, 0.05) is 50.2 Å². The molecule has 0 bridgehead atoms. The fourth-order valence-electron chi connectivity index (χ4n) is 3.66. The van der Waals surface area contributed by atoms with Crippen molar-refractivity contribution in [1.29, 1.82) is 0 Å². The number of hydrogen-bond acceptors (Lipinski definition) is 9. The van der Waals surface area contributed by atoms with Gasteiger partial charge in [0.15, 0.2) is 5.82 Å². The molecule has 8 nitrogen and oxygen atoms in total. The Morgan fingerprint density at radius 1 is 1.06 bits per heavy atom. The molecule has 2 aliphatic rings. The third-order valence-electron chi connectivity index (χ3n) is 5.65. The minimum atomic E-state index is 0.198. The predicted octanol–water partition coefficient (Wildman–Crippen LogP) is 2.32. The van der Waals surface area contributed by atoms with E-state index in [1.165, 1.54) is 0 Å². The van der Waals surface area contributed by atoms with E-state index in [0.717, 1.165) is 67.8 Å². The topological polar surface area (TPSA) is 77.9 Å². The number of ether oxygens (including phenoxy) is 1. The number of nitrogens with zero attached hydrogens (tertiary/aromatic N) is 6. The van der Waals surface area contributed by atoms with Gasteiger partial charge in [-0.25, -0.2) is 15.0 Å². The van der Waals surface area contributed by atoms with E-state index in [0.29, 0.717) is 19.0 Å². The van der Waals surface area contributed by atoms with E-state index in [1.54, 1.807) is 29.8 Å². The average Bonchev–Trinajstić information content (AvgIpc) is 2.88. The van der Waals surface area contributed by atoms with Crippen molar-refractivity contribution in [3.8, 4) is 17.1 Å². The Morgan fingerprint density at radius 3 is 2.61 bits per heavy atom. The molecular weight excluding hydrogens is 412 g/mol. The van der Waals surface area contributed by atoms with E-state index in [-0.39, 0.29) is 5.75 Å². The first kappa shape index (κ1) is 21.9. The summed E-state index contributed by atoms with van der Waals surface area (Å²) in [5.41, 5.74) is 1.81. The van der Waals surface area contributed by atoms with Crippen molar-refractivity contribution in [2.45, 2.75) is 13.5 Å². The van der Waals surface area contributed by atoms with Gasteiger partial charge in [-0.3, -0.25) is 4.90 Å². The van der Waals surface area contributed by atoms with Crippen molar-refractivity contribution in [3.05, 3.63) is 40.5 Å². The quantitative estimate of drug-likeness (QED) is 0.773. The SMILES string of the molecule is Cc1ccc(O)cc1-c1ncnc(CN2CCN(C)CC2)scc(N2CCOCC2)n1. The van der Waals surface area contributed by atoms with Gasteiger partial charge in [0.25, 0.3) is 0 Å². The zero-order valence-corrected chi connectivity index (χ0v) is 19.0. The van der Waals surface area contributed by atoms with Crippen LogP contribution in [0.4, 0.5) is 5.82 Å². The minimum absolute atomic E-state index is 0.198. The second-order valence-corrected chi connectivity index (χ2v) is 8.92. The molecule has 4 rings (SSSR count). The largest absolute Gasteiger partial charge is 0.508 e. The van der Waals surface area contributed by atoms with Crippen LogP contribution in [-0.4, -0.2) is 89.4 Å². The second kappa shape index (κ2) is 10.3. The highest BCUT2D eigenvalue weighted by Crippen LogP contribution is 2.25. The molecule has 0 spiro atoms. The number of aromatic hydroxyl groups is 1. The second-order valence-electron chi connectivity index (χ2n) is 7.97. The number of likely N-dealkylation sites (N-methyl/N-ethyl adjacent to an activating group) is 1. The first-order chi connectivity index (χ1) is 15.1. The van der Waals surface area contributed by atoms with Crippen LogP contribution in [0.15, 0.2) is 29.9 Å². The van der Waals surface area contributed by atoms with Crippen LogP contribution in [0, 0.1) is 6.92 Å². The lowest BCUT2D eigenvalue weighted by Gasteiger charge is -2.31. The van der Waals surface area contributed by atoms with Crippen molar-refractivity contribution in [2.75, 3.05) is 64.4 Å². The number of hydrogen-bond donors (Lipinski definition) is 1. The van der Waals surface area contributed by atoms with E-state index in [2.05, 4.69) is 37.1 Å². The van der Waals surface area contributed by atoms with Crippen molar-refractivity contribution < 1.29 is 9.84 Å². The van der Waals surface area contributed by atoms with Gasteiger partial charge in [-0.15, -0.1) is 11.3 Å². The lowest BCUT2D eigenvalue weighted by molar-refractivity contribution is 0.122. The van der Waals surface area contributed by atoms with Gasteiger partial charge in [-0.05, 0) is 31.7 Å². The van der Waals surface area contributed by atoms with Gasteiger partial charge < -0.3 is 19.6 Å². The van der Waals surface area contributed by atoms with Crippen LogP contribution < -0.4 is 4.90 Å². The van der Waals surface area contributed by atoms with Crippen LogP contribution in [0.25, 0.3) is 11.4 Å². The Labute approximate surface area is 187 Å². The average molecular weight is 443 g/mol. The molecule has 3 heterocycles. The van der Waals surface area contributed by atoms with Crippen molar-refractivity contribution in [3.63, 3.8) is 0 Å². The minimum Gasteiger partial charge on any atom is -0.508 e. The highest BCUT2D eigenvalue weighted by Gasteiger charge is 2.16. The Morgan fingerprint density at radius 2 is 1.84 bits per heavy atom. The number of phenolic OH excluding ortho intramolecular Hbond substituents is 1. The number of morpholine rings is 1. The van der Waals surface area contributed by atoms with E-state index < -0.39 is 0 Å². The molecule has 1 aromatic carbocycles. The van der Waals surface area contributed by atoms with Crippen molar-refractivity contribution in [1.82, 2.24) is 24.8 Å². The molecule has 2 aromatic rings. The van der Waals surface area contributed by atoms with Crippen molar-refractivity contribution in [2.24, 2.45) is 0 Å². The molecule has 0 unspecified atom stereocenters. The number of phenols is 1. The molecule has 2 aliphatic heterocycles. The van der Waals surface area contributed by atoms with E-state index in [4.69, 9.17) is 9.72 Å². The Hall–Kier alpha value is -2.33. The van der Waals surface area contributed by atoms with Crippen LogP contribution in [0.3, 0.4) is 0 Å². The smallest absolute Gasteiger partial charge is 0.163 e. The van der Waals surface area contributed by atoms with Crippen molar-refractivity contribution >= 4 is 17.2 Å². The molecule has 9 heteroatoms. The summed E-state index contributed by atoms with van der Waals surface area (Å²) in [5.74, 6) is 1.61. The molecule has 0 radical (unpaired) electrons. The highest BCUT2D eigenvalue weighted by molar-refractivity contribution is 7.09. The third kappa shape index (κ3) is 5.88. The van der Waals surface area contributed by atoms with E-state index in [9.17, 15) is 5.11 Å². The summed E-state index contributed by atoms with van der Waals surface area (Å²) >= 11 is 1.61. The van der Waals surface area contributed by atoms with Gasteiger partial charge in [0.2, 0.25) is 0 Å². The van der Waals surface area contributed by atoms with Gasteiger partial charge in [-0.2, -0.15) is 0 Å². The Kier molecular flexibility index (Phi) is 7.29. The van der Waals surface area contributed by atoms with Gasteiger partial charge in [0.1, 0.15) is 22.9 Å². The summed E-state index contributed by atoms with van der Waals surface area (Å²) in [4.78, 5) is 21.2. The molecule has 0 aliphatic carbocycles. The third-order valence-corrected chi connectivity index (χ3v) is 6.49. The van der Waals surface area contributed by atoms with Crippen LogP contribution in [0.5, 0.6) is 5.75 Å². The molecule has 166 valence electrons. The van der Waals surface area contributed by atoms with Gasteiger partial charge in [-0.1, -0.05) is 6.07 Å². The normalized spacial score (nSPS) is 18.1. The number of piperazine rings is 1. The van der Waals surface area contributed by atoms with Crippen LogP contribution >= 0.6 is 11.3 Å². The molecular formula is C22H30N6O2S. The van der Waals surface area contributed by atoms with E-state index in [1.807, 2.05) is 13.0 Å². The molecule has 0 atom stereocenters. The molecule has 2 fully saturated rings. The Balaban J connectivity index is 1.72. The fraction of sp³-hybridized carbons (Fsp3) is 0.500. The summed E-state index contributed by atoms with van der Waals surface area (Å²) in [6.07, 6.45) is 1.59. The van der Waals surface area contributed by atoms with E-state index >= 15 is 0 Å². The molecule has 31 heavy (non-hydrogen) atoms. The Bertz CT molecular complexity index is 937. The molecule has 2 saturated heterocycles. The highest BCUT2D eigenvalue weighted by atomic mass is 32.1. The standard InChI is InChI=1S/C22H30N6O2S/c1-17-3-4-18(29)13-19(17)22-24-16-23-21(14-27-7-5-26(2)6-8-27)31-15-20(25-22)28-9-11-30-12-10-28/h3-4,13,15-16,29H,5-12,14H2,1-2H3. The molecule has 0 amide bonds. The molecule has 1 N–H and O–H groups in total. The maximum Gasteiger partial charge on any atom is 0.163 e. The van der Waals surface area contributed by atoms with Gasteiger partial charge in [0.05, 0.1) is 19.8 Å². The molecule has 1 aromatic heterocycles. The van der Waals surface area contributed by atoms with Gasteiger partial charge >= 0.3 is 0 Å². The first-order valence-corrected chi connectivity index (χ1v) is 11.5. The summed E-state index contributed by atoms with van der Waals surface area (Å²) < 4.78 is 5.53. The maximum atomic E-state index is 10.0. The lowest BCUT2D eigenvalue weighted by atomic mass is 10.1. The number of anilines is 1. The number of aromatic nitrogens is 3. The van der Waals surface area contributed by atoms with Crippen LogP contribution in [0.1, 0.15) is 10.6 Å². The fourth-order valence-corrected chi connectivity index (χ4v) is 4.46. The van der Waals surface area contributed by atoms with Crippen LogP contribution in [-0.2, 0) is 11.3 Å². The summed E-state index contributed by atoms with van der Waals surface area (Å²) in [5, 5.41) is 13.1. The summed E-state index contributed by atoms with van der Waals surface area (Å²) in [7, 11) is 2.16. The van der Waals surface area contributed by atoms with Crippen LogP contribution in [0.2, 0.25) is 0 Å². The maximum absolute atomic E-state index is 10.0. The zero-order chi connectivity index (χ0) is 21.6. The monoisotopic (exact) mass is 442 g/mol. The lowest BCUT2D eigenvalue weighted by Crippen LogP contribution is -2.43. The first-order valence-electron chi connectivity index (χ1n) is 10.7.